The van der Waals surface area contributed by atoms with Crippen molar-refractivity contribution in [3.63, 3.8) is 0 Å². The van der Waals surface area contributed by atoms with Crippen LogP contribution in [0.4, 0.5) is 0 Å². The van der Waals surface area contributed by atoms with E-state index in [0.717, 1.165) is 12.2 Å². The molecule has 6 N–H and O–H groups in total. The summed E-state index contributed by atoms with van der Waals surface area (Å²) in [6.07, 6.45) is -1.38. The minimum absolute atomic E-state index is 0.0342. The van der Waals surface area contributed by atoms with Gasteiger partial charge in [-0.1, -0.05) is 18.2 Å². The summed E-state index contributed by atoms with van der Waals surface area (Å²) in [5.74, 6) is -4.32. The number of aliphatic hydroxyl groups is 2. The van der Waals surface area contributed by atoms with Crippen LogP contribution in [0.15, 0.2) is 54.6 Å². The van der Waals surface area contributed by atoms with E-state index >= 15 is 0 Å². The van der Waals surface area contributed by atoms with E-state index in [1.807, 2.05) is 0 Å². The van der Waals surface area contributed by atoms with Crippen LogP contribution in [0.2, 0.25) is 0 Å². The maximum Gasteiger partial charge on any atom is 0.335 e. The quantitative estimate of drug-likeness (QED) is 0.183. The van der Waals surface area contributed by atoms with Crippen molar-refractivity contribution in [3.8, 4) is 17.2 Å². The second-order valence-corrected chi connectivity index (χ2v) is 8.20. The van der Waals surface area contributed by atoms with Crippen molar-refractivity contribution in [2.75, 3.05) is 0 Å². The molecule has 11 nitrogen and oxygen atoms in total. The first-order chi connectivity index (χ1) is 17.0. The second kappa shape index (κ2) is 10.9. The number of benzene rings is 2. The summed E-state index contributed by atoms with van der Waals surface area (Å²) in [6, 6.07) is 9.66. The Kier molecular flexibility index (Phi) is 7.97. The molecule has 1 aliphatic rings. The molecule has 1 fully saturated rings. The molecule has 2 aromatic rings. The highest BCUT2D eigenvalue weighted by molar-refractivity contribution is 5.88. The first kappa shape index (κ1) is 26.3. The lowest BCUT2D eigenvalue weighted by molar-refractivity contribution is -0.204. The average Bonchev–Trinajstić information content (AvgIpc) is 2.81. The zero-order valence-corrected chi connectivity index (χ0v) is 18.7. The van der Waals surface area contributed by atoms with Crippen molar-refractivity contribution in [2.45, 2.75) is 36.8 Å². The van der Waals surface area contributed by atoms with Crippen molar-refractivity contribution in [1.82, 2.24) is 0 Å². The predicted molar refractivity (Wildman–Crippen MR) is 124 cm³/mol. The molecule has 36 heavy (non-hydrogen) atoms. The van der Waals surface area contributed by atoms with Crippen LogP contribution in [0.1, 0.15) is 24.0 Å². The van der Waals surface area contributed by atoms with E-state index in [-0.39, 0.29) is 11.5 Å². The molecule has 4 atom stereocenters. The summed E-state index contributed by atoms with van der Waals surface area (Å²) in [7, 11) is 0. The van der Waals surface area contributed by atoms with Crippen LogP contribution in [-0.4, -0.2) is 72.5 Å². The molecule has 1 saturated carbocycles. The number of esters is 2. The largest absolute Gasteiger partial charge is 0.508 e. The molecule has 0 amide bonds. The van der Waals surface area contributed by atoms with Gasteiger partial charge in [0, 0.05) is 25.0 Å². The van der Waals surface area contributed by atoms with E-state index in [2.05, 4.69) is 0 Å². The number of ether oxygens (including phenoxy) is 2. The smallest absolute Gasteiger partial charge is 0.335 e. The van der Waals surface area contributed by atoms with Crippen LogP contribution in [0.5, 0.6) is 17.2 Å². The second-order valence-electron chi connectivity index (χ2n) is 8.20. The molecule has 3 rings (SSSR count). The number of carbonyl (C=O) groups is 3. The fourth-order valence-electron chi connectivity index (χ4n) is 3.60. The Morgan fingerprint density at radius 3 is 2.03 bits per heavy atom. The van der Waals surface area contributed by atoms with Gasteiger partial charge in [-0.15, -0.1) is 0 Å². The Morgan fingerprint density at radius 2 is 1.42 bits per heavy atom. The van der Waals surface area contributed by atoms with Crippen LogP contribution in [0.25, 0.3) is 12.2 Å². The van der Waals surface area contributed by atoms with Crippen LogP contribution in [0, 0.1) is 0 Å². The SMILES string of the molecule is O=C(/C=C/c1ccc(O)cc1)O[C@@H]1[C@H](O)C[C@@](O)(C(=O)O)C[C@H]1OC(=O)/C=C/c1ccc(O)c(O)c1. The minimum Gasteiger partial charge on any atom is -0.508 e. The maximum absolute atomic E-state index is 12.4. The molecule has 0 aliphatic heterocycles. The summed E-state index contributed by atoms with van der Waals surface area (Å²) < 4.78 is 10.5. The summed E-state index contributed by atoms with van der Waals surface area (Å²) in [4.78, 5) is 36.3. The number of aliphatic hydroxyl groups excluding tert-OH is 1. The third kappa shape index (κ3) is 6.62. The van der Waals surface area contributed by atoms with Crippen LogP contribution in [0.3, 0.4) is 0 Å². The van der Waals surface area contributed by atoms with E-state index in [1.54, 1.807) is 0 Å². The third-order valence-electron chi connectivity index (χ3n) is 5.47. The number of hydrogen-bond donors (Lipinski definition) is 6. The van der Waals surface area contributed by atoms with Crippen LogP contribution >= 0.6 is 0 Å². The number of rotatable bonds is 7. The molecule has 0 spiro atoms. The van der Waals surface area contributed by atoms with Crippen molar-refractivity contribution >= 4 is 30.1 Å². The van der Waals surface area contributed by atoms with Gasteiger partial charge < -0.3 is 40.1 Å². The Hall–Kier alpha value is -4.35. The van der Waals surface area contributed by atoms with E-state index in [0.29, 0.717) is 11.1 Å². The predicted octanol–water partition coefficient (Wildman–Crippen LogP) is 1.32. The number of carbonyl (C=O) groups excluding carboxylic acids is 2. The highest BCUT2D eigenvalue weighted by Gasteiger charge is 2.52. The Bertz CT molecular complexity index is 1180. The Balaban J connectivity index is 1.74. The molecule has 1 aliphatic carbocycles. The number of phenolic OH excluding ortho intramolecular Hbond substituents is 3. The number of hydrogen-bond acceptors (Lipinski definition) is 10. The molecule has 0 radical (unpaired) electrons. The van der Waals surface area contributed by atoms with Crippen LogP contribution < -0.4 is 0 Å². The molecule has 0 saturated heterocycles. The zero-order valence-electron chi connectivity index (χ0n) is 18.7. The zero-order chi connectivity index (χ0) is 26.5. The normalized spacial score (nSPS) is 24.0. The van der Waals surface area contributed by atoms with Gasteiger partial charge in [-0.25, -0.2) is 14.4 Å². The van der Waals surface area contributed by atoms with Crippen molar-refractivity contribution in [3.05, 3.63) is 65.7 Å². The topological polar surface area (TPSA) is 191 Å². The van der Waals surface area contributed by atoms with Gasteiger partial charge in [0.2, 0.25) is 0 Å². The van der Waals surface area contributed by atoms with Gasteiger partial charge in [0.25, 0.3) is 0 Å². The highest BCUT2D eigenvalue weighted by Crippen LogP contribution is 2.33. The van der Waals surface area contributed by atoms with Gasteiger partial charge in [0.15, 0.2) is 23.2 Å². The molecule has 0 unspecified atom stereocenters. The Labute approximate surface area is 204 Å². The number of aromatic hydroxyl groups is 3. The molecule has 0 aromatic heterocycles. The fourth-order valence-corrected chi connectivity index (χ4v) is 3.60. The van der Waals surface area contributed by atoms with Crippen molar-refractivity contribution < 1.29 is 54.5 Å². The molecule has 2 aromatic carbocycles. The summed E-state index contributed by atoms with van der Waals surface area (Å²) in [5.41, 5.74) is -1.54. The highest BCUT2D eigenvalue weighted by atomic mass is 16.6. The first-order valence-electron chi connectivity index (χ1n) is 10.7. The van der Waals surface area contributed by atoms with E-state index in [1.165, 1.54) is 54.6 Å². The average molecular weight is 500 g/mol. The lowest BCUT2D eigenvalue weighted by Gasteiger charge is -2.40. The maximum atomic E-state index is 12.4. The molecular weight excluding hydrogens is 476 g/mol. The van der Waals surface area contributed by atoms with Gasteiger partial charge in [0.1, 0.15) is 11.9 Å². The van der Waals surface area contributed by atoms with Gasteiger partial charge >= 0.3 is 17.9 Å². The number of phenols is 3. The molecular formula is C25H24O11. The molecule has 0 bridgehead atoms. The molecule has 11 heteroatoms. The minimum atomic E-state index is -2.43. The molecule has 0 heterocycles. The van der Waals surface area contributed by atoms with E-state index < -0.39 is 60.4 Å². The third-order valence-corrected chi connectivity index (χ3v) is 5.47. The molecule has 190 valence electrons. The van der Waals surface area contributed by atoms with Gasteiger partial charge in [-0.3, -0.25) is 0 Å². The van der Waals surface area contributed by atoms with Gasteiger partial charge in [-0.05, 0) is 47.5 Å². The van der Waals surface area contributed by atoms with E-state index in [4.69, 9.17) is 9.47 Å². The van der Waals surface area contributed by atoms with Gasteiger partial charge in [-0.2, -0.15) is 0 Å². The summed E-state index contributed by atoms with van der Waals surface area (Å²) in [6.45, 7) is 0. The summed E-state index contributed by atoms with van der Waals surface area (Å²) in [5, 5.41) is 58.4. The van der Waals surface area contributed by atoms with Gasteiger partial charge in [0.05, 0.1) is 6.10 Å². The van der Waals surface area contributed by atoms with Crippen LogP contribution in [-0.2, 0) is 23.9 Å². The van der Waals surface area contributed by atoms with E-state index in [9.17, 15) is 45.0 Å². The van der Waals surface area contributed by atoms with Crippen molar-refractivity contribution in [2.24, 2.45) is 0 Å². The first-order valence-corrected chi connectivity index (χ1v) is 10.7. The Morgan fingerprint density at radius 1 is 0.833 bits per heavy atom. The fraction of sp³-hybridized carbons (Fsp3) is 0.240. The number of carboxylic acid groups (broad SMARTS) is 1. The number of carboxylic acids is 1. The van der Waals surface area contributed by atoms with Crippen molar-refractivity contribution in [1.29, 1.82) is 0 Å². The number of aliphatic carboxylic acids is 1. The lowest BCUT2D eigenvalue weighted by Crippen LogP contribution is -2.58. The standard InChI is InChI=1S/C25H24O11/c26-16-6-1-14(2-7-16)4-9-22(31)36-23-19(29)12-25(34,24(32)33)13-20(23)35-21(30)10-5-15-3-8-17(27)18(28)11-15/h1-11,19-20,23,26-29,34H,12-13H2,(H,32,33)/b9-4+,10-5+/t19-,20-,23-,25+/m1/s1. The monoisotopic (exact) mass is 500 g/mol. The lowest BCUT2D eigenvalue weighted by atomic mass is 9.79. The summed E-state index contributed by atoms with van der Waals surface area (Å²) >= 11 is 0.